The molecule has 1 aliphatic carbocycles. The summed E-state index contributed by atoms with van der Waals surface area (Å²) in [5.74, 6) is 0.130. The lowest BCUT2D eigenvalue weighted by Gasteiger charge is -2.09. The summed E-state index contributed by atoms with van der Waals surface area (Å²) in [4.78, 5) is 11.4. The molecule has 0 bridgehead atoms. The quantitative estimate of drug-likeness (QED) is 0.744. The van der Waals surface area contributed by atoms with Gasteiger partial charge in [0, 0.05) is 0 Å². The Morgan fingerprint density at radius 1 is 1.60 bits per heavy atom. The van der Waals surface area contributed by atoms with E-state index < -0.39 is 0 Å². The van der Waals surface area contributed by atoms with Crippen molar-refractivity contribution in [2.24, 2.45) is 5.73 Å². The van der Waals surface area contributed by atoms with Crippen molar-refractivity contribution >= 4 is 5.97 Å². The Hall–Kier alpha value is -1.35. The monoisotopic (exact) mass is 205 g/mol. The molecule has 0 spiro atoms. The molecule has 0 fully saturated rings. The van der Waals surface area contributed by atoms with E-state index in [1.807, 2.05) is 18.2 Å². The van der Waals surface area contributed by atoms with Gasteiger partial charge in [0.15, 0.2) is 0 Å². The van der Waals surface area contributed by atoms with Crippen molar-refractivity contribution in [2.75, 3.05) is 13.7 Å². The molecule has 0 aromatic heterocycles. The molecule has 2 rings (SSSR count). The van der Waals surface area contributed by atoms with Gasteiger partial charge in [0.05, 0.1) is 12.7 Å². The number of esters is 1. The largest absolute Gasteiger partial charge is 0.465 e. The van der Waals surface area contributed by atoms with E-state index in [-0.39, 0.29) is 5.97 Å². The van der Waals surface area contributed by atoms with Crippen LogP contribution in [0, 0.1) is 0 Å². The third-order valence-electron chi connectivity index (χ3n) is 3.05. The van der Waals surface area contributed by atoms with Crippen molar-refractivity contribution in [2.45, 2.75) is 18.8 Å². The average Bonchev–Trinajstić information content (AvgIpc) is 2.69. The number of fused-ring (bicyclic) bond motifs is 1. The minimum absolute atomic E-state index is 0.277. The van der Waals surface area contributed by atoms with Gasteiger partial charge < -0.3 is 10.5 Å². The predicted molar refractivity (Wildman–Crippen MR) is 57.9 cm³/mol. The maximum Gasteiger partial charge on any atom is 0.337 e. The topological polar surface area (TPSA) is 52.3 Å². The highest BCUT2D eigenvalue weighted by atomic mass is 16.5. The van der Waals surface area contributed by atoms with Gasteiger partial charge in [-0.05, 0) is 48.6 Å². The summed E-state index contributed by atoms with van der Waals surface area (Å²) in [5.41, 5.74) is 8.85. The molecule has 0 aliphatic heterocycles. The number of nitrogens with two attached hydrogens (primary N) is 1. The van der Waals surface area contributed by atoms with Crippen molar-refractivity contribution in [3.05, 3.63) is 34.9 Å². The summed E-state index contributed by atoms with van der Waals surface area (Å²) in [6, 6.07) is 5.76. The molecule has 3 heteroatoms. The van der Waals surface area contributed by atoms with Gasteiger partial charge in [0.25, 0.3) is 0 Å². The molecule has 0 amide bonds. The van der Waals surface area contributed by atoms with Gasteiger partial charge in [0.2, 0.25) is 0 Å². The number of benzene rings is 1. The van der Waals surface area contributed by atoms with Gasteiger partial charge in [0.1, 0.15) is 0 Å². The molecule has 2 N–H and O–H groups in total. The van der Waals surface area contributed by atoms with E-state index in [2.05, 4.69) is 0 Å². The number of rotatable bonds is 2. The molecule has 1 aliphatic rings. The number of carbonyl (C=O) groups is 1. The van der Waals surface area contributed by atoms with E-state index in [0.29, 0.717) is 18.0 Å². The Labute approximate surface area is 89.2 Å². The molecule has 15 heavy (non-hydrogen) atoms. The van der Waals surface area contributed by atoms with E-state index in [1.165, 1.54) is 18.2 Å². The van der Waals surface area contributed by atoms with Crippen LogP contribution < -0.4 is 5.73 Å². The highest BCUT2D eigenvalue weighted by Gasteiger charge is 2.22. The van der Waals surface area contributed by atoms with Crippen LogP contribution in [0.5, 0.6) is 0 Å². The first-order valence-corrected chi connectivity index (χ1v) is 5.17. The molecule has 0 saturated carbocycles. The van der Waals surface area contributed by atoms with Gasteiger partial charge in [-0.2, -0.15) is 0 Å². The van der Waals surface area contributed by atoms with E-state index in [1.54, 1.807) is 0 Å². The van der Waals surface area contributed by atoms with Gasteiger partial charge >= 0.3 is 5.97 Å². The van der Waals surface area contributed by atoms with Crippen LogP contribution >= 0.6 is 0 Å². The fourth-order valence-corrected chi connectivity index (χ4v) is 2.18. The zero-order chi connectivity index (χ0) is 10.8. The Bertz CT molecular complexity index is 387. The second-order valence-corrected chi connectivity index (χ2v) is 3.88. The van der Waals surface area contributed by atoms with E-state index >= 15 is 0 Å². The maximum absolute atomic E-state index is 11.4. The molecule has 1 aromatic carbocycles. The Balaban J connectivity index is 2.36. The summed E-state index contributed by atoms with van der Waals surface area (Å²) in [6.45, 7) is 0.650. The molecular formula is C12H15NO2. The number of methoxy groups -OCH3 is 1. The lowest BCUT2D eigenvalue weighted by molar-refractivity contribution is 0.0600. The van der Waals surface area contributed by atoms with Crippen LogP contribution in [0.4, 0.5) is 0 Å². The van der Waals surface area contributed by atoms with Gasteiger partial charge in [-0.15, -0.1) is 0 Å². The summed E-state index contributed by atoms with van der Waals surface area (Å²) in [6.07, 6.45) is 2.16. The van der Waals surface area contributed by atoms with Crippen molar-refractivity contribution in [3.8, 4) is 0 Å². The van der Waals surface area contributed by atoms with Crippen LogP contribution in [-0.4, -0.2) is 19.6 Å². The fraction of sp³-hybridized carbons (Fsp3) is 0.417. The molecule has 1 unspecified atom stereocenters. The van der Waals surface area contributed by atoms with Crippen molar-refractivity contribution in [1.29, 1.82) is 0 Å². The SMILES string of the molecule is COC(=O)c1ccc2c(c1)C(CN)CC2. The fourth-order valence-electron chi connectivity index (χ4n) is 2.18. The number of carbonyl (C=O) groups excluding carboxylic acids is 1. The highest BCUT2D eigenvalue weighted by Crippen LogP contribution is 2.32. The maximum atomic E-state index is 11.4. The van der Waals surface area contributed by atoms with E-state index in [4.69, 9.17) is 10.5 Å². The Kier molecular flexibility index (Phi) is 2.73. The summed E-state index contributed by atoms with van der Waals surface area (Å²) >= 11 is 0. The van der Waals surface area contributed by atoms with Crippen LogP contribution in [0.1, 0.15) is 33.8 Å². The summed E-state index contributed by atoms with van der Waals surface area (Å²) < 4.78 is 4.69. The minimum Gasteiger partial charge on any atom is -0.465 e. The van der Waals surface area contributed by atoms with E-state index in [0.717, 1.165) is 12.8 Å². The number of hydrogen-bond acceptors (Lipinski definition) is 3. The predicted octanol–water partition coefficient (Wildman–Crippen LogP) is 1.46. The van der Waals surface area contributed by atoms with Crippen LogP contribution in [0.3, 0.4) is 0 Å². The summed E-state index contributed by atoms with van der Waals surface area (Å²) in [5, 5.41) is 0. The summed E-state index contributed by atoms with van der Waals surface area (Å²) in [7, 11) is 1.40. The van der Waals surface area contributed by atoms with Crippen molar-refractivity contribution in [3.63, 3.8) is 0 Å². The van der Waals surface area contributed by atoms with Crippen LogP contribution in [0.2, 0.25) is 0 Å². The Morgan fingerprint density at radius 2 is 2.40 bits per heavy atom. The third-order valence-corrected chi connectivity index (χ3v) is 3.05. The first-order valence-electron chi connectivity index (χ1n) is 5.17. The zero-order valence-electron chi connectivity index (χ0n) is 8.82. The van der Waals surface area contributed by atoms with Gasteiger partial charge in [-0.25, -0.2) is 4.79 Å². The highest BCUT2D eigenvalue weighted by molar-refractivity contribution is 5.89. The third kappa shape index (κ3) is 1.75. The molecular weight excluding hydrogens is 190 g/mol. The van der Waals surface area contributed by atoms with Crippen LogP contribution in [0.15, 0.2) is 18.2 Å². The molecule has 1 aromatic rings. The average molecular weight is 205 g/mol. The standard InChI is InChI=1S/C12H15NO2/c1-15-12(14)9-4-2-8-3-5-10(7-13)11(8)6-9/h2,4,6,10H,3,5,7,13H2,1H3. The molecule has 80 valence electrons. The smallest absolute Gasteiger partial charge is 0.337 e. The second kappa shape index (κ2) is 4.03. The number of aryl methyl sites for hydroxylation is 1. The number of hydrogen-bond donors (Lipinski definition) is 1. The van der Waals surface area contributed by atoms with Gasteiger partial charge in [-0.1, -0.05) is 6.07 Å². The van der Waals surface area contributed by atoms with Crippen molar-refractivity contribution < 1.29 is 9.53 Å². The van der Waals surface area contributed by atoms with Gasteiger partial charge in [-0.3, -0.25) is 0 Å². The lowest BCUT2D eigenvalue weighted by Crippen LogP contribution is -2.10. The van der Waals surface area contributed by atoms with Crippen molar-refractivity contribution in [1.82, 2.24) is 0 Å². The Morgan fingerprint density at radius 3 is 3.07 bits per heavy atom. The first kappa shape index (κ1) is 10.2. The lowest BCUT2D eigenvalue weighted by atomic mass is 9.99. The number of ether oxygens (including phenoxy) is 1. The van der Waals surface area contributed by atoms with Crippen LogP contribution in [0.25, 0.3) is 0 Å². The molecule has 0 saturated heterocycles. The zero-order valence-corrected chi connectivity index (χ0v) is 8.82. The van der Waals surface area contributed by atoms with Crippen LogP contribution in [-0.2, 0) is 11.2 Å². The second-order valence-electron chi connectivity index (χ2n) is 3.88. The molecule has 0 radical (unpaired) electrons. The first-order chi connectivity index (χ1) is 7.26. The molecule has 3 nitrogen and oxygen atoms in total. The molecule has 0 heterocycles. The minimum atomic E-state index is -0.277. The molecule has 1 atom stereocenters. The normalized spacial score (nSPS) is 18.7. The van der Waals surface area contributed by atoms with E-state index in [9.17, 15) is 4.79 Å².